The van der Waals surface area contributed by atoms with Crippen LogP contribution >= 0.6 is 0 Å². The van der Waals surface area contributed by atoms with Gasteiger partial charge in [0.1, 0.15) is 0 Å². The van der Waals surface area contributed by atoms with E-state index >= 15 is 0 Å². The lowest BCUT2D eigenvalue weighted by molar-refractivity contribution is -0.137. The normalized spacial score (nSPS) is 22.3. The van der Waals surface area contributed by atoms with Crippen molar-refractivity contribution in [2.24, 2.45) is 5.92 Å². The van der Waals surface area contributed by atoms with E-state index in [0.29, 0.717) is 6.61 Å². The fourth-order valence-electron chi connectivity index (χ4n) is 2.65. The van der Waals surface area contributed by atoms with Gasteiger partial charge in [-0.25, -0.2) is 4.79 Å². The van der Waals surface area contributed by atoms with E-state index in [9.17, 15) is 9.90 Å². The first-order valence-electron chi connectivity index (χ1n) is 8.24. The molecule has 0 unspecified atom stereocenters. The molecule has 1 N–H and O–H groups in total. The molecule has 3 nitrogen and oxygen atoms in total. The molecule has 0 aromatic carbocycles. The lowest BCUT2D eigenvalue weighted by atomic mass is 9.81. The maximum Gasteiger partial charge on any atom is 0.331 e. The number of rotatable bonds is 6. The van der Waals surface area contributed by atoms with Crippen LogP contribution in [0.2, 0.25) is 0 Å². The molecule has 0 aliphatic heterocycles. The molecule has 0 aromatic heterocycles. The molecular formula is C18H28O3. The van der Waals surface area contributed by atoms with Gasteiger partial charge in [-0.15, -0.1) is 0 Å². The maximum atomic E-state index is 11.7. The lowest BCUT2D eigenvalue weighted by Crippen LogP contribution is -2.26. The number of hydrogen-bond acceptors (Lipinski definition) is 3. The molecule has 0 spiro atoms. The molecule has 1 aliphatic carbocycles. The zero-order valence-corrected chi connectivity index (χ0v) is 13.4. The number of esters is 1. The molecule has 0 saturated heterocycles. The van der Waals surface area contributed by atoms with E-state index in [2.05, 4.69) is 18.8 Å². The van der Waals surface area contributed by atoms with Gasteiger partial charge in [-0.1, -0.05) is 44.4 Å². The molecule has 1 rings (SSSR count). The molecule has 1 saturated carbocycles. The molecule has 1 aliphatic rings. The predicted molar refractivity (Wildman–Crippen MR) is 84.6 cm³/mol. The number of aliphatic hydroxyl groups excluding tert-OH is 1. The van der Waals surface area contributed by atoms with Gasteiger partial charge in [0.05, 0.1) is 12.7 Å². The summed E-state index contributed by atoms with van der Waals surface area (Å²) in [6, 6.07) is 0. The van der Waals surface area contributed by atoms with Gasteiger partial charge in [-0.05, 0) is 26.2 Å². The van der Waals surface area contributed by atoms with Crippen molar-refractivity contribution < 1.29 is 14.6 Å². The third kappa shape index (κ3) is 6.82. The molecule has 21 heavy (non-hydrogen) atoms. The van der Waals surface area contributed by atoms with E-state index in [0.717, 1.165) is 44.1 Å². The summed E-state index contributed by atoms with van der Waals surface area (Å²) >= 11 is 0. The highest BCUT2D eigenvalue weighted by atomic mass is 16.5. The average Bonchev–Trinajstić information content (AvgIpc) is 2.47. The molecule has 0 radical (unpaired) electrons. The summed E-state index contributed by atoms with van der Waals surface area (Å²) in [4.78, 5) is 11.7. The third-order valence-corrected chi connectivity index (χ3v) is 3.83. The second-order valence-corrected chi connectivity index (χ2v) is 5.57. The second kappa shape index (κ2) is 10.5. The van der Waals surface area contributed by atoms with Gasteiger partial charge in [0, 0.05) is 24.0 Å². The van der Waals surface area contributed by atoms with E-state index in [-0.39, 0.29) is 18.0 Å². The van der Waals surface area contributed by atoms with E-state index in [1.54, 1.807) is 6.92 Å². The minimum Gasteiger partial charge on any atom is -0.463 e. The van der Waals surface area contributed by atoms with Gasteiger partial charge in [0.2, 0.25) is 0 Å². The Kier molecular flexibility index (Phi) is 8.85. The van der Waals surface area contributed by atoms with Crippen molar-refractivity contribution in [3.8, 4) is 11.8 Å². The highest BCUT2D eigenvalue weighted by molar-refractivity contribution is 5.83. The van der Waals surface area contributed by atoms with Crippen LogP contribution in [0.25, 0.3) is 0 Å². The summed E-state index contributed by atoms with van der Waals surface area (Å²) < 4.78 is 4.98. The quantitative estimate of drug-likeness (QED) is 0.352. The number of aliphatic hydroxyl groups is 1. The molecule has 118 valence electrons. The Balaban J connectivity index is 2.76. The van der Waals surface area contributed by atoms with Gasteiger partial charge in [0.15, 0.2) is 0 Å². The first kappa shape index (κ1) is 17.8. The van der Waals surface area contributed by atoms with Crippen molar-refractivity contribution in [3.63, 3.8) is 0 Å². The second-order valence-electron chi connectivity index (χ2n) is 5.57. The van der Waals surface area contributed by atoms with Crippen LogP contribution in [0.4, 0.5) is 0 Å². The molecular weight excluding hydrogens is 264 g/mol. The summed E-state index contributed by atoms with van der Waals surface area (Å²) in [6.07, 6.45) is 9.21. The Morgan fingerprint density at radius 3 is 2.71 bits per heavy atom. The fraction of sp³-hybridized carbons (Fsp3) is 0.722. The number of carbonyl (C=O) groups is 1. The summed E-state index contributed by atoms with van der Waals surface area (Å²) in [5, 5.41) is 10.2. The minimum atomic E-state index is -0.385. The van der Waals surface area contributed by atoms with E-state index in [1.165, 1.54) is 18.9 Å². The van der Waals surface area contributed by atoms with Gasteiger partial charge in [-0.2, -0.15) is 0 Å². The van der Waals surface area contributed by atoms with Crippen LogP contribution in [-0.4, -0.2) is 23.8 Å². The van der Waals surface area contributed by atoms with Gasteiger partial charge in [-0.3, -0.25) is 0 Å². The molecule has 3 heteroatoms. The summed E-state index contributed by atoms with van der Waals surface area (Å²) in [6.45, 7) is 4.31. The first-order valence-corrected chi connectivity index (χ1v) is 8.24. The molecule has 2 atom stereocenters. The van der Waals surface area contributed by atoms with Crippen molar-refractivity contribution in [2.75, 3.05) is 6.61 Å². The number of ether oxygens (including phenoxy) is 1. The smallest absolute Gasteiger partial charge is 0.331 e. The molecule has 0 aromatic rings. The maximum absolute atomic E-state index is 11.7. The topological polar surface area (TPSA) is 46.5 Å². The first-order chi connectivity index (χ1) is 10.2. The minimum absolute atomic E-state index is 0.0122. The Bertz CT molecular complexity index is 400. The van der Waals surface area contributed by atoms with Crippen LogP contribution in [-0.2, 0) is 9.53 Å². The zero-order valence-electron chi connectivity index (χ0n) is 13.4. The highest BCUT2D eigenvalue weighted by Crippen LogP contribution is 2.30. The SMILES string of the molecule is CCCCCC#C/C(=C/C(=O)OCC)[C@H]1CCCC[C@@H]1O. The van der Waals surface area contributed by atoms with Crippen molar-refractivity contribution in [3.05, 3.63) is 11.6 Å². The van der Waals surface area contributed by atoms with Crippen molar-refractivity contribution in [1.82, 2.24) is 0 Å². The fourth-order valence-corrected chi connectivity index (χ4v) is 2.65. The summed E-state index contributed by atoms with van der Waals surface area (Å²) in [5.74, 6) is 5.90. The van der Waals surface area contributed by atoms with E-state index in [1.807, 2.05) is 0 Å². The van der Waals surface area contributed by atoms with Crippen LogP contribution in [0.1, 0.15) is 65.2 Å². The van der Waals surface area contributed by atoms with E-state index in [4.69, 9.17) is 4.74 Å². The summed E-state index contributed by atoms with van der Waals surface area (Å²) in [7, 11) is 0. The van der Waals surface area contributed by atoms with Crippen LogP contribution < -0.4 is 0 Å². The average molecular weight is 292 g/mol. The highest BCUT2D eigenvalue weighted by Gasteiger charge is 2.26. The van der Waals surface area contributed by atoms with Crippen LogP contribution in [0.5, 0.6) is 0 Å². The van der Waals surface area contributed by atoms with Gasteiger partial charge < -0.3 is 9.84 Å². The van der Waals surface area contributed by atoms with Crippen LogP contribution in [0.15, 0.2) is 11.6 Å². The third-order valence-electron chi connectivity index (χ3n) is 3.83. The van der Waals surface area contributed by atoms with Gasteiger partial charge in [0.25, 0.3) is 0 Å². The molecule has 0 heterocycles. The summed E-state index contributed by atoms with van der Waals surface area (Å²) in [5.41, 5.74) is 0.747. The Labute approximate surface area is 128 Å². The standard InChI is InChI=1S/C18H28O3/c1-3-5-6-7-8-11-15(14-18(20)21-4-2)16-12-9-10-13-17(16)19/h14,16-17,19H,3-7,9-10,12-13H2,1-2H3/b15-14-/t16-,17+/m1/s1. The van der Waals surface area contributed by atoms with Crippen molar-refractivity contribution >= 4 is 5.97 Å². The van der Waals surface area contributed by atoms with Crippen LogP contribution in [0, 0.1) is 17.8 Å². The Morgan fingerprint density at radius 1 is 1.29 bits per heavy atom. The number of hydrogen-bond donors (Lipinski definition) is 1. The lowest BCUT2D eigenvalue weighted by Gasteiger charge is -2.27. The van der Waals surface area contributed by atoms with Crippen molar-refractivity contribution in [2.45, 2.75) is 71.3 Å². The van der Waals surface area contributed by atoms with E-state index < -0.39 is 0 Å². The number of unbranched alkanes of at least 4 members (excludes halogenated alkanes) is 3. The van der Waals surface area contributed by atoms with Gasteiger partial charge >= 0.3 is 5.97 Å². The number of carbonyl (C=O) groups excluding carboxylic acids is 1. The van der Waals surface area contributed by atoms with Crippen LogP contribution in [0.3, 0.4) is 0 Å². The Hall–Kier alpha value is -1.27. The van der Waals surface area contributed by atoms with Crippen molar-refractivity contribution in [1.29, 1.82) is 0 Å². The zero-order chi connectivity index (χ0) is 15.5. The Morgan fingerprint density at radius 2 is 2.05 bits per heavy atom. The molecule has 0 bridgehead atoms. The predicted octanol–water partition coefficient (Wildman–Crippen LogP) is 3.61. The molecule has 1 fully saturated rings. The largest absolute Gasteiger partial charge is 0.463 e. The molecule has 0 amide bonds. The monoisotopic (exact) mass is 292 g/mol.